The van der Waals surface area contributed by atoms with E-state index in [0.717, 1.165) is 17.1 Å². The fourth-order valence-electron chi connectivity index (χ4n) is 6.29. The third-order valence-electron chi connectivity index (χ3n) is 9.96. The number of esters is 3. The quantitative estimate of drug-likeness (QED) is 0.0463. The number of hydrogen-bond donors (Lipinski definition) is 4. The van der Waals surface area contributed by atoms with Gasteiger partial charge in [0.25, 0.3) is 5.91 Å². The molecule has 0 bridgehead atoms. The molecule has 20 heteroatoms. The van der Waals surface area contributed by atoms with Crippen LogP contribution in [-0.4, -0.2) is 146 Å². The lowest BCUT2D eigenvalue weighted by Gasteiger charge is -2.37. The molecule has 0 spiro atoms. The lowest BCUT2D eigenvalue weighted by atomic mass is 9.91. The molecule has 2 heterocycles. The van der Waals surface area contributed by atoms with Gasteiger partial charge in [-0.25, -0.2) is 4.63 Å². The van der Waals surface area contributed by atoms with Gasteiger partial charge in [0, 0.05) is 54.3 Å². The molecule has 2 amide bonds. The molecule has 4 rings (SSSR count). The highest BCUT2D eigenvalue weighted by Gasteiger charge is 2.43. The highest BCUT2D eigenvalue weighted by Crippen LogP contribution is 2.36. The molecule has 4 N–H and O–H groups in total. The average Bonchev–Trinajstić information content (AvgIpc) is 3.68. The standard InChI is InChI=1S/C38H54N4O14S2/c1-22(2)15-17-57-58-30(23(3)42(21-43)19-33(46)53-20-29-34(47)35(48)36(49)38(51)55-29)14-16-52-31(44)6-5-7-32(45)54-26-11-9-25(10-12-26)41(4)37(50)24-8-13-27-28(18-24)40-56-39-27/h8,13,18,21-22,25-26,29,34-36,38,47-49,51H,5-7,9-12,14-17,19-20H2,1-4H3/b30-23-. The summed E-state index contributed by atoms with van der Waals surface area (Å²) in [7, 11) is 4.72. The molecule has 2 aliphatic rings. The summed E-state index contributed by atoms with van der Waals surface area (Å²) in [5.74, 6) is -0.617. The molecule has 1 aromatic carbocycles. The Morgan fingerprint density at radius 2 is 1.64 bits per heavy atom. The Labute approximate surface area is 344 Å². The van der Waals surface area contributed by atoms with Crippen LogP contribution < -0.4 is 0 Å². The maximum atomic E-state index is 13.1. The summed E-state index contributed by atoms with van der Waals surface area (Å²) in [6.45, 7) is 4.79. The van der Waals surface area contributed by atoms with Crippen molar-refractivity contribution in [3.05, 3.63) is 34.4 Å². The van der Waals surface area contributed by atoms with Gasteiger partial charge in [0.15, 0.2) is 6.29 Å². The van der Waals surface area contributed by atoms with Gasteiger partial charge in [0.2, 0.25) is 6.41 Å². The van der Waals surface area contributed by atoms with E-state index in [2.05, 4.69) is 24.2 Å². The summed E-state index contributed by atoms with van der Waals surface area (Å²) >= 11 is 0. The molecule has 58 heavy (non-hydrogen) atoms. The molecule has 18 nitrogen and oxygen atoms in total. The van der Waals surface area contributed by atoms with Crippen LogP contribution in [0.5, 0.6) is 0 Å². The van der Waals surface area contributed by atoms with Crippen LogP contribution in [0.2, 0.25) is 0 Å². The average molecular weight is 855 g/mol. The highest BCUT2D eigenvalue weighted by atomic mass is 33.1. The van der Waals surface area contributed by atoms with Crippen molar-refractivity contribution in [2.45, 2.75) is 121 Å². The van der Waals surface area contributed by atoms with Crippen LogP contribution >= 0.6 is 21.6 Å². The van der Waals surface area contributed by atoms with E-state index in [1.165, 1.54) is 10.8 Å². The molecule has 322 valence electrons. The van der Waals surface area contributed by atoms with Crippen molar-refractivity contribution >= 4 is 62.8 Å². The lowest BCUT2D eigenvalue weighted by molar-refractivity contribution is -0.287. The number of fused-ring (bicyclic) bond motifs is 1. The highest BCUT2D eigenvalue weighted by molar-refractivity contribution is 8.78. The minimum absolute atomic E-state index is 0.00201. The largest absolute Gasteiger partial charge is 0.465 e. The maximum Gasteiger partial charge on any atom is 0.326 e. The van der Waals surface area contributed by atoms with Crippen molar-refractivity contribution in [2.24, 2.45) is 5.92 Å². The number of nitrogens with zero attached hydrogens (tertiary/aromatic N) is 4. The predicted molar refractivity (Wildman–Crippen MR) is 210 cm³/mol. The van der Waals surface area contributed by atoms with Crippen LogP contribution in [0.25, 0.3) is 11.0 Å². The Kier molecular flexibility index (Phi) is 18.7. The van der Waals surface area contributed by atoms with E-state index in [0.29, 0.717) is 65.2 Å². The number of amides is 2. The normalized spacial score (nSPS) is 23.8. The van der Waals surface area contributed by atoms with E-state index < -0.39 is 61.8 Å². The van der Waals surface area contributed by atoms with Crippen LogP contribution in [0.1, 0.15) is 88.9 Å². The Morgan fingerprint density at radius 1 is 0.931 bits per heavy atom. The van der Waals surface area contributed by atoms with Gasteiger partial charge >= 0.3 is 17.9 Å². The summed E-state index contributed by atoms with van der Waals surface area (Å²) < 4.78 is 26.0. The molecular formula is C38H54N4O14S2. The number of benzene rings is 1. The molecule has 1 saturated carbocycles. The summed E-state index contributed by atoms with van der Waals surface area (Å²) in [6.07, 6.45) is -3.97. The molecule has 1 saturated heterocycles. The number of carbonyl (C=O) groups is 5. The number of rotatable bonds is 21. The number of allylic oxidation sites excluding steroid dienone is 1. The Balaban J connectivity index is 1.17. The van der Waals surface area contributed by atoms with Crippen molar-refractivity contribution < 1.29 is 68.0 Å². The Bertz CT molecular complexity index is 1720. The van der Waals surface area contributed by atoms with Crippen molar-refractivity contribution in [1.82, 2.24) is 20.1 Å². The van der Waals surface area contributed by atoms with Crippen molar-refractivity contribution in [2.75, 3.05) is 32.6 Å². The van der Waals surface area contributed by atoms with Gasteiger partial charge in [-0.15, -0.1) is 0 Å². The molecule has 0 radical (unpaired) electrons. The van der Waals surface area contributed by atoms with Gasteiger partial charge in [-0.1, -0.05) is 35.4 Å². The Hall–Kier alpha value is -3.79. The third kappa shape index (κ3) is 13.9. The molecule has 2 fully saturated rings. The topological polar surface area (TPSA) is 249 Å². The van der Waals surface area contributed by atoms with Crippen LogP contribution in [-0.2, 0) is 38.1 Å². The number of aliphatic hydroxyl groups excluding tert-OH is 4. The van der Waals surface area contributed by atoms with Gasteiger partial charge in [-0.2, -0.15) is 0 Å². The minimum atomic E-state index is -1.79. The summed E-state index contributed by atoms with van der Waals surface area (Å²) in [4.78, 5) is 66.5. The first kappa shape index (κ1) is 46.9. The lowest BCUT2D eigenvalue weighted by Crippen LogP contribution is -2.58. The molecule has 1 aliphatic heterocycles. The number of aromatic nitrogens is 2. The zero-order valence-corrected chi connectivity index (χ0v) is 34.7. The van der Waals surface area contributed by atoms with Crippen molar-refractivity contribution in [3.63, 3.8) is 0 Å². The fraction of sp³-hybridized carbons (Fsp3) is 0.658. The first-order chi connectivity index (χ1) is 27.7. The van der Waals surface area contributed by atoms with E-state index >= 15 is 0 Å². The van der Waals surface area contributed by atoms with Crippen LogP contribution in [0.4, 0.5) is 0 Å². The van der Waals surface area contributed by atoms with E-state index in [-0.39, 0.29) is 50.3 Å². The summed E-state index contributed by atoms with van der Waals surface area (Å²) in [5.41, 5.74) is 2.00. The minimum Gasteiger partial charge on any atom is -0.465 e. The van der Waals surface area contributed by atoms with E-state index in [4.69, 9.17) is 23.6 Å². The van der Waals surface area contributed by atoms with Gasteiger partial charge in [-0.05, 0) is 79.9 Å². The smallest absolute Gasteiger partial charge is 0.326 e. The first-order valence-corrected chi connectivity index (χ1v) is 21.6. The summed E-state index contributed by atoms with van der Waals surface area (Å²) in [6, 6.07) is 5.01. The molecule has 5 unspecified atom stereocenters. The maximum absolute atomic E-state index is 13.1. The van der Waals surface area contributed by atoms with Crippen molar-refractivity contribution in [3.8, 4) is 0 Å². The van der Waals surface area contributed by atoms with Gasteiger partial charge in [0.05, 0.1) is 6.61 Å². The van der Waals surface area contributed by atoms with Gasteiger partial charge in [0.1, 0.15) is 54.7 Å². The second kappa shape index (κ2) is 23.1. The Morgan fingerprint density at radius 3 is 2.34 bits per heavy atom. The second-order valence-corrected chi connectivity index (χ2v) is 17.2. The molecular weight excluding hydrogens is 801 g/mol. The van der Waals surface area contributed by atoms with Gasteiger partial charge in [-0.3, -0.25) is 24.0 Å². The van der Waals surface area contributed by atoms with Crippen LogP contribution in [0.3, 0.4) is 0 Å². The predicted octanol–water partition coefficient (Wildman–Crippen LogP) is 2.71. The van der Waals surface area contributed by atoms with E-state index in [1.807, 2.05) is 0 Å². The number of ether oxygens (including phenoxy) is 4. The van der Waals surface area contributed by atoms with Crippen LogP contribution in [0, 0.1) is 5.92 Å². The monoisotopic (exact) mass is 854 g/mol. The number of carbonyl (C=O) groups excluding carboxylic acids is 5. The zero-order chi connectivity index (χ0) is 42.4. The SMILES string of the molecule is C/C(=C(\CCOC(=O)CCCC(=O)OC1CCC(N(C)C(=O)c2ccc3nonc3c2)CC1)SSCCC(C)C)N(C=O)CC(=O)OCC1OC(O)C(O)C(O)C1O. The summed E-state index contributed by atoms with van der Waals surface area (Å²) in [5, 5.41) is 46.9. The zero-order valence-electron chi connectivity index (χ0n) is 33.1. The molecule has 1 aromatic heterocycles. The van der Waals surface area contributed by atoms with E-state index in [9.17, 15) is 44.4 Å². The first-order valence-electron chi connectivity index (χ1n) is 19.3. The third-order valence-corrected chi connectivity index (χ3v) is 12.6. The number of aliphatic hydroxyl groups is 4. The molecule has 1 aliphatic carbocycles. The fourth-order valence-corrected chi connectivity index (χ4v) is 9.06. The number of hydrogen-bond acceptors (Lipinski definition) is 18. The second-order valence-electron chi connectivity index (χ2n) is 14.7. The molecule has 5 atom stereocenters. The van der Waals surface area contributed by atoms with Gasteiger partial charge < -0.3 is 49.2 Å². The van der Waals surface area contributed by atoms with Crippen molar-refractivity contribution in [1.29, 1.82) is 0 Å². The van der Waals surface area contributed by atoms with E-state index in [1.54, 1.807) is 47.9 Å². The molecule has 2 aromatic rings. The van der Waals surface area contributed by atoms with Crippen LogP contribution in [0.15, 0.2) is 33.4 Å².